The Kier molecular flexibility index (Phi) is 5.72. The molecule has 1 aromatic heterocycles. The summed E-state index contributed by atoms with van der Waals surface area (Å²) in [6.07, 6.45) is 0. The fourth-order valence-electron chi connectivity index (χ4n) is 2.12. The molecule has 0 aliphatic heterocycles. The first kappa shape index (κ1) is 15.2. The third-order valence-corrected chi connectivity index (χ3v) is 4.99. The summed E-state index contributed by atoms with van der Waals surface area (Å²) in [7, 11) is 0. The van der Waals surface area contributed by atoms with Gasteiger partial charge in [-0.2, -0.15) is 11.8 Å². The molecule has 20 heavy (non-hydrogen) atoms. The molecule has 2 N–H and O–H groups in total. The first-order valence-electron chi connectivity index (χ1n) is 6.59. The highest BCUT2D eigenvalue weighted by Crippen LogP contribution is 2.25. The molecule has 1 nitrogen and oxygen atoms in total. The van der Waals surface area contributed by atoms with Crippen LogP contribution in [0, 0.1) is 25.7 Å². The van der Waals surface area contributed by atoms with Crippen LogP contribution in [0.25, 0.3) is 0 Å². The van der Waals surface area contributed by atoms with E-state index in [4.69, 9.17) is 5.73 Å². The number of rotatable bonds is 4. The zero-order valence-electron chi connectivity index (χ0n) is 11.9. The Bertz CT molecular complexity index is 612. The highest BCUT2D eigenvalue weighted by molar-refractivity contribution is 7.97. The topological polar surface area (TPSA) is 26.0 Å². The monoisotopic (exact) mass is 301 g/mol. The van der Waals surface area contributed by atoms with E-state index in [0.29, 0.717) is 6.54 Å². The van der Waals surface area contributed by atoms with E-state index in [9.17, 15) is 0 Å². The Balaban J connectivity index is 1.94. The van der Waals surface area contributed by atoms with Crippen molar-refractivity contribution in [2.75, 3.05) is 6.54 Å². The van der Waals surface area contributed by atoms with E-state index in [1.54, 1.807) is 11.3 Å². The van der Waals surface area contributed by atoms with Gasteiger partial charge in [0.2, 0.25) is 0 Å². The van der Waals surface area contributed by atoms with Crippen molar-refractivity contribution in [2.24, 2.45) is 5.73 Å². The normalized spacial score (nSPS) is 10.2. The van der Waals surface area contributed by atoms with Crippen molar-refractivity contribution in [1.82, 2.24) is 0 Å². The van der Waals surface area contributed by atoms with E-state index in [-0.39, 0.29) is 0 Å². The Morgan fingerprint density at radius 3 is 2.60 bits per heavy atom. The minimum atomic E-state index is 0.422. The van der Waals surface area contributed by atoms with Gasteiger partial charge in [0, 0.05) is 21.9 Å². The summed E-state index contributed by atoms with van der Waals surface area (Å²) in [6, 6.07) is 8.83. The number of benzene rings is 1. The quantitative estimate of drug-likeness (QED) is 0.860. The van der Waals surface area contributed by atoms with Crippen LogP contribution in [0.1, 0.15) is 27.1 Å². The zero-order chi connectivity index (χ0) is 14.4. The second kappa shape index (κ2) is 7.54. The summed E-state index contributed by atoms with van der Waals surface area (Å²) in [6.45, 7) is 4.73. The molecule has 0 unspecified atom stereocenters. The van der Waals surface area contributed by atoms with Gasteiger partial charge in [0.05, 0.1) is 6.54 Å². The molecule has 0 fully saturated rings. The number of thiophene rings is 1. The summed E-state index contributed by atoms with van der Waals surface area (Å²) >= 11 is 3.72. The van der Waals surface area contributed by atoms with Gasteiger partial charge in [-0.3, -0.25) is 0 Å². The number of hydrogen-bond donors (Lipinski definition) is 1. The number of aryl methyl sites for hydroxylation is 2. The van der Waals surface area contributed by atoms with Gasteiger partial charge in [-0.1, -0.05) is 41.2 Å². The van der Waals surface area contributed by atoms with Gasteiger partial charge in [0.15, 0.2) is 0 Å². The maximum Gasteiger partial charge on any atom is 0.0555 e. The highest BCUT2D eigenvalue weighted by Gasteiger charge is 2.03. The molecule has 0 atom stereocenters. The Morgan fingerprint density at radius 1 is 1.15 bits per heavy atom. The van der Waals surface area contributed by atoms with Gasteiger partial charge < -0.3 is 5.73 Å². The Morgan fingerprint density at radius 2 is 1.90 bits per heavy atom. The van der Waals surface area contributed by atoms with Crippen molar-refractivity contribution in [1.29, 1.82) is 0 Å². The number of hydrogen-bond acceptors (Lipinski definition) is 3. The SMILES string of the molecule is Cc1cc(C)cc(CSCc2sccc2C#CCN)c1. The van der Waals surface area contributed by atoms with Crippen molar-refractivity contribution in [3.05, 3.63) is 56.8 Å². The van der Waals surface area contributed by atoms with Crippen LogP contribution in [-0.4, -0.2) is 6.54 Å². The standard InChI is InChI=1S/C17H19NS2/c1-13-8-14(2)10-15(9-13)11-19-12-17-16(4-3-6-18)5-7-20-17/h5,7-10H,6,11-12,18H2,1-2H3. The average molecular weight is 301 g/mol. The summed E-state index contributed by atoms with van der Waals surface area (Å²) in [5.74, 6) is 8.13. The van der Waals surface area contributed by atoms with Gasteiger partial charge in [-0.15, -0.1) is 11.3 Å². The van der Waals surface area contributed by atoms with Crippen molar-refractivity contribution in [3.63, 3.8) is 0 Å². The largest absolute Gasteiger partial charge is 0.320 e. The third kappa shape index (κ3) is 4.42. The molecule has 1 aromatic carbocycles. The summed E-state index contributed by atoms with van der Waals surface area (Å²) in [4.78, 5) is 1.35. The van der Waals surface area contributed by atoms with Gasteiger partial charge >= 0.3 is 0 Å². The molecule has 104 valence electrons. The predicted molar refractivity (Wildman–Crippen MR) is 91.2 cm³/mol. The van der Waals surface area contributed by atoms with Crippen LogP contribution in [0.15, 0.2) is 29.6 Å². The highest BCUT2D eigenvalue weighted by atomic mass is 32.2. The lowest BCUT2D eigenvalue weighted by molar-refractivity contribution is 1.29. The van der Waals surface area contributed by atoms with Crippen LogP contribution in [0.3, 0.4) is 0 Å². The molecule has 2 rings (SSSR count). The Labute approximate surface area is 129 Å². The third-order valence-electron chi connectivity index (χ3n) is 2.85. The van der Waals surface area contributed by atoms with Crippen molar-refractivity contribution in [3.8, 4) is 11.8 Å². The van der Waals surface area contributed by atoms with Crippen LogP contribution in [0.5, 0.6) is 0 Å². The first-order chi connectivity index (χ1) is 9.69. The minimum absolute atomic E-state index is 0.422. The maximum atomic E-state index is 5.42. The second-order valence-electron chi connectivity index (χ2n) is 4.75. The molecular formula is C17H19NS2. The van der Waals surface area contributed by atoms with E-state index >= 15 is 0 Å². The molecule has 0 saturated heterocycles. The van der Waals surface area contributed by atoms with Crippen LogP contribution in [0.4, 0.5) is 0 Å². The first-order valence-corrected chi connectivity index (χ1v) is 8.62. The van der Waals surface area contributed by atoms with Gasteiger partial charge in [-0.05, 0) is 30.9 Å². The van der Waals surface area contributed by atoms with Crippen LogP contribution in [0.2, 0.25) is 0 Å². The van der Waals surface area contributed by atoms with Crippen LogP contribution < -0.4 is 5.73 Å². The van der Waals surface area contributed by atoms with Gasteiger partial charge in [0.25, 0.3) is 0 Å². The van der Waals surface area contributed by atoms with Crippen molar-refractivity contribution < 1.29 is 0 Å². The summed E-state index contributed by atoms with van der Waals surface area (Å²) in [5, 5.41) is 2.10. The molecular weight excluding hydrogens is 282 g/mol. The molecule has 0 aliphatic rings. The lowest BCUT2D eigenvalue weighted by Crippen LogP contribution is -1.93. The van der Waals surface area contributed by atoms with Crippen LogP contribution >= 0.6 is 23.1 Å². The Hall–Kier alpha value is -1.21. The number of thioether (sulfide) groups is 1. The van der Waals surface area contributed by atoms with Crippen molar-refractivity contribution in [2.45, 2.75) is 25.4 Å². The van der Waals surface area contributed by atoms with E-state index < -0.39 is 0 Å². The van der Waals surface area contributed by atoms with Crippen molar-refractivity contribution >= 4 is 23.1 Å². The maximum absolute atomic E-state index is 5.42. The van der Waals surface area contributed by atoms with Gasteiger partial charge in [-0.25, -0.2) is 0 Å². The van der Waals surface area contributed by atoms with Crippen LogP contribution in [-0.2, 0) is 11.5 Å². The smallest absolute Gasteiger partial charge is 0.0555 e. The molecule has 0 amide bonds. The van der Waals surface area contributed by atoms with E-state index in [1.807, 2.05) is 11.8 Å². The molecule has 0 saturated carbocycles. The lowest BCUT2D eigenvalue weighted by Gasteiger charge is -2.05. The molecule has 1 heterocycles. The lowest BCUT2D eigenvalue weighted by atomic mass is 10.1. The average Bonchev–Trinajstić information content (AvgIpc) is 2.83. The fraction of sp³-hybridized carbons (Fsp3) is 0.294. The minimum Gasteiger partial charge on any atom is -0.320 e. The fourth-order valence-corrected chi connectivity index (χ4v) is 4.11. The molecule has 0 aliphatic carbocycles. The van der Waals surface area contributed by atoms with E-state index in [1.165, 1.54) is 21.6 Å². The van der Waals surface area contributed by atoms with E-state index in [2.05, 4.69) is 55.3 Å². The van der Waals surface area contributed by atoms with Gasteiger partial charge in [0.1, 0.15) is 0 Å². The van der Waals surface area contributed by atoms with E-state index in [0.717, 1.165) is 17.1 Å². The second-order valence-corrected chi connectivity index (χ2v) is 6.74. The predicted octanol–water partition coefficient (Wildman–Crippen LogP) is 4.11. The molecule has 2 aromatic rings. The summed E-state index contributed by atoms with van der Waals surface area (Å²) < 4.78 is 0. The zero-order valence-corrected chi connectivity index (χ0v) is 13.5. The summed E-state index contributed by atoms with van der Waals surface area (Å²) in [5.41, 5.74) is 10.6. The molecule has 0 bridgehead atoms. The molecule has 3 heteroatoms. The molecule has 0 radical (unpaired) electrons. The molecule has 0 spiro atoms. The number of nitrogens with two attached hydrogens (primary N) is 1.